The summed E-state index contributed by atoms with van der Waals surface area (Å²) in [5.74, 6) is 0.754. The number of rotatable bonds is 4. The van der Waals surface area contributed by atoms with Gasteiger partial charge in [-0.1, -0.05) is 0 Å². The summed E-state index contributed by atoms with van der Waals surface area (Å²) in [7, 11) is 0. The minimum atomic E-state index is 0.530. The molecule has 0 aliphatic carbocycles. The minimum Gasteiger partial charge on any atom is -0.379 e. The molecule has 7 nitrogen and oxygen atoms in total. The first-order chi connectivity index (χ1) is 12.3. The van der Waals surface area contributed by atoms with Crippen molar-refractivity contribution in [1.82, 2.24) is 24.5 Å². The van der Waals surface area contributed by atoms with E-state index in [1.165, 1.54) is 0 Å². The fraction of sp³-hybridized carbons (Fsp3) is 0.333. The minimum absolute atomic E-state index is 0.530. The Morgan fingerprint density at radius 2 is 1.92 bits per heavy atom. The van der Waals surface area contributed by atoms with Gasteiger partial charge in [0.1, 0.15) is 6.07 Å². The molecule has 1 aliphatic heterocycles. The number of fused-ring (bicyclic) bond motifs is 1. The maximum atomic E-state index is 9.38. The van der Waals surface area contributed by atoms with E-state index in [0.717, 1.165) is 56.4 Å². The van der Waals surface area contributed by atoms with Crippen LogP contribution in [0.5, 0.6) is 0 Å². The molecule has 0 spiro atoms. The highest BCUT2D eigenvalue weighted by molar-refractivity contribution is 5.66. The van der Waals surface area contributed by atoms with Crippen molar-refractivity contribution in [1.29, 1.82) is 5.26 Å². The van der Waals surface area contributed by atoms with Gasteiger partial charge in [-0.25, -0.2) is 9.50 Å². The average molecular weight is 334 g/mol. The zero-order chi connectivity index (χ0) is 17.1. The van der Waals surface area contributed by atoms with E-state index in [1.807, 2.05) is 18.2 Å². The summed E-state index contributed by atoms with van der Waals surface area (Å²) in [5, 5.41) is 14.0. The van der Waals surface area contributed by atoms with Crippen molar-refractivity contribution < 1.29 is 4.74 Å². The largest absolute Gasteiger partial charge is 0.379 e. The smallest absolute Gasteiger partial charge is 0.174 e. The fourth-order valence-electron chi connectivity index (χ4n) is 3.02. The monoisotopic (exact) mass is 334 g/mol. The lowest BCUT2D eigenvalue weighted by Crippen LogP contribution is -2.37. The molecule has 0 unspecified atom stereocenters. The van der Waals surface area contributed by atoms with Gasteiger partial charge in [0.15, 0.2) is 11.5 Å². The van der Waals surface area contributed by atoms with Crippen molar-refractivity contribution in [2.75, 3.05) is 32.8 Å². The number of hydrogen-bond donors (Lipinski definition) is 0. The van der Waals surface area contributed by atoms with Crippen molar-refractivity contribution in [3.63, 3.8) is 0 Å². The molecule has 0 atom stereocenters. The molecule has 0 amide bonds. The van der Waals surface area contributed by atoms with Gasteiger partial charge in [-0.05, 0) is 24.3 Å². The number of nitrogens with zero attached hydrogens (tertiary/aromatic N) is 6. The summed E-state index contributed by atoms with van der Waals surface area (Å²) >= 11 is 0. The van der Waals surface area contributed by atoms with Crippen LogP contribution < -0.4 is 0 Å². The molecule has 4 rings (SSSR count). The van der Waals surface area contributed by atoms with Gasteiger partial charge < -0.3 is 4.74 Å². The molecule has 7 heteroatoms. The first-order valence-electron chi connectivity index (χ1n) is 8.34. The molecular weight excluding hydrogens is 316 g/mol. The standard InChI is InChI=1S/C18H18N6O/c19-13-15-1-2-16(14-3-6-20-7-4-14)24-18(15)21-17(22-24)5-8-23-9-11-25-12-10-23/h1-4,6-7H,5,8-12H2. The quantitative estimate of drug-likeness (QED) is 0.720. The van der Waals surface area contributed by atoms with E-state index >= 15 is 0 Å². The number of hydrogen-bond acceptors (Lipinski definition) is 6. The van der Waals surface area contributed by atoms with Gasteiger partial charge in [0.25, 0.3) is 0 Å². The van der Waals surface area contributed by atoms with Crippen molar-refractivity contribution in [2.24, 2.45) is 0 Å². The molecule has 0 bridgehead atoms. The average Bonchev–Trinajstić information content (AvgIpc) is 3.11. The van der Waals surface area contributed by atoms with E-state index in [9.17, 15) is 5.26 Å². The van der Waals surface area contributed by atoms with Crippen LogP contribution in [-0.2, 0) is 11.2 Å². The molecule has 1 saturated heterocycles. The van der Waals surface area contributed by atoms with Gasteiger partial charge in [-0.2, -0.15) is 10.4 Å². The fourth-order valence-corrected chi connectivity index (χ4v) is 3.02. The third-order valence-corrected chi connectivity index (χ3v) is 4.38. The topological polar surface area (TPSA) is 79.3 Å². The third-order valence-electron chi connectivity index (χ3n) is 4.38. The molecule has 25 heavy (non-hydrogen) atoms. The van der Waals surface area contributed by atoms with E-state index < -0.39 is 0 Å². The Bertz CT molecular complexity index is 908. The predicted molar refractivity (Wildman–Crippen MR) is 91.9 cm³/mol. The van der Waals surface area contributed by atoms with Crippen molar-refractivity contribution in [3.05, 3.63) is 48.0 Å². The molecule has 3 aromatic rings. The molecule has 0 aromatic carbocycles. The molecule has 4 heterocycles. The van der Waals surface area contributed by atoms with E-state index in [1.54, 1.807) is 23.0 Å². The lowest BCUT2D eigenvalue weighted by molar-refractivity contribution is 0.0382. The highest BCUT2D eigenvalue weighted by Crippen LogP contribution is 2.21. The predicted octanol–water partition coefficient (Wildman–Crippen LogP) is 1.54. The number of ether oxygens (including phenoxy) is 1. The van der Waals surface area contributed by atoms with Crippen LogP contribution in [0, 0.1) is 11.3 Å². The van der Waals surface area contributed by atoms with Crippen LogP contribution in [0.4, 0.5) is 0 Å². The Balaban J connectivity index is 1.67. The van der Waals surface area contributed by atoms with Crippen LogP contribution in [0.2, 0.25) is 0 Å². The molecule has 0 saturated carbocycles. The van der Waals surface area contributed by atoms with Crippen LogP contribution in [0.3, 0.4) is 0 Å². The Labute approximate surface area is 145 Å². The summed E-state index contributed by atoms with van der Waals surface area (Å²) in [6.45, 7) is 4.34. The summed E-state index contributed by atoms with van der Waals surface area (Å²) in [4.78, 5) is 11.0. The normalized spacial score (nSPS) is 15.3. The van der Waals surface area contributed by atoms with E-state index in [-0.39, 0.29) is 0 Å². The lowest BCUT2D eigenvalue weighted by atomic mass is 10.1. The van der Waals surface area contributed by atoms with E-state index in [4.69, 9.17) is 4.74 Å². The third kappa shape index (κ3) is 3.22. The maximum Gasteiger partial charge on any atom is 0.174 e. The first kappa shape index (κ1) is 15.7. The summed E-state index contributed by atoms with van der Waals surface area (Å²) in [5.41, 5.74) is 3.03. The number of morpholine rings is 1. The second-order valence-corrected chi connectivity index (χ2v) is 5.95. The van der Waals surface area contributed by atoms with Crippen LogP contribution >= 0.6 is 0 Å². The Hall–Kier alpha value is -2.82. The van der Waals surface area contributed by atoms with Gasteiger partial charge in [0.05, 0.1) is 24.5 Å². The first-order valence-corrected chi connectivity index (χ1v) is 8.34. The van der Waals surface area contributed by atoms with Crippen molar-refractivity contribution >= 4 is 5.65 Å². The number of aromatic nitrogens is 4. The van der Waals surface area contributed by atoms with Gasteiger partial charge in [0, 0.05) is 44.0 Å². The molecule has 1 fully saturated rings. The molecular formula is C18H18N6O. The maximum absolute atomic E-state index is 9.38. The van der Waals surface area contributed by atoms with E-state index in [0.29, 0.717) is 11.2 Å². The highest BCUT2D eigenvalue weighted by Gasteiger charge is 2.15. The Morgan fingerprint density at radius 3 is 2.68 bits per heavy atom. The van der Waals surface area contributed by atoms with Crippen LogP contribution in [0.25, 0.3) is 16.9 Å². The second kappa shape index (κ2) is 6.97. The van der Waals surface area contributed by atoms with Gasteiger partial charge >= 0.3 is 0 Å². The number of nitriles is 1. The molecule has 0 N–H and O–H groups in total. The zero-order valence-electron chi connectivity index (χ0n) is 13.8. The highest BCUT2D eigenvalue weighted by atomic mass is 16.5. The summed E-state index contributed by atoms with van der Waals surface area (Å²) in [6.07, 6.45) is 4.24. The second-order valence-electron chi connectivity index (χ2n) is 5.95. The molecule has 3 aromatic heterocycles. The van der Waals surface area contributed by atoms with Crippen molar-refractivity contribution in [2.45, 2.75) is 6.42 Å². The van der Waals surface area contributed by atoms with Crippen LogP contribution in [-0.4, -0.2) is 57.3 Å². The van der Waals surface area contributed by atoms with Crippen LogP contribution in [0.1, 0.15) is 11.4 Å². The Morgan fingerprint density at radius 1 is 1.12 bits per heavy atom. The molecule has 126 valence electrons. The van der Waals surface area contributed by atoms with Gasteiger partial charge in [0.2, 0.25) is 0 Å². The van der Waals surface area contributed by atoms with Gasteiger partial charge in [-0.15, -0.1) is 0 Å². The van der Waals surface area contributed by atoms with Gasteiger partial charge in [-0.3, -0.25) is 9.88 Å². The molecule has 1 aliphatic rings. The van der Waals surface area contributed by atoms with Crippen molar-refractivity contribution in [3.8, 4) is 17.3 Å². The molecule has 0 radical (unpaired) electrons. The Kier molecular flexibility index (Phi) is 4.37. The van der Waals surface area contributed by atoms with Crippen LogP contribution in [0.15, 0.2) is 36.7 Å². The summed E-state index contributed by atoms with van der Waals surface area (Å²) < 4.78 is 7.14. The SMILES string of the molecule is N#Cc1ccc(-c2ccncc2)n2nc(CCN3CCOCC3)nc12. The zero-order valence-corrected chi connectivity index (χ0v) is 13.8. The van der Waals surface area contributed by atoms with E-state index in [2.05, 4.69) is 26.0 Å². The summed E-state index contributed by atoms with van der Waals surface area (Å²) in [6, 6.07) is 9.76. The lowest BCUT2D eigenvalue weighted by Gasteiger charge is -2.25. The number of pyridine rings is 2.